The SMILES string of the molecule is CCCCN(C(=O)c1cccnc1)[C@@H](C)C(=O)O. The van der Waals surface area contributed by atoms with Gasteiger partial charge in [-0.1, -0.05) is 13.3 Å². The fourth-order valence-corrected chi connectivity index (χ4v) is 1.59. The molecule has 1 aromatic heterocycles. The molecular weight excluding hydrogens is 232 g/mol. The topological polar surface area (TPSA) is 70.5 Å². The van der Waals surface area contributed by atoms with Gasteiger partial charge in [-0.05, 0) is 25.5 Å². The summed E-state index contributed by atoms with van der Waals surface area (Å²) in [5, 5.41) is 9.04. The number of carboxylic acid groups (broad SMARTS) is 1. The number of aromatic nitrogens is 1. The Morgan fingerprint density at radius 1 is 1.50 bits per heavy atom. The summed E-state index contributed by atoms with van der Waals surface area (Å²) in [6.07, 6.45) is 4.72. The Morgan fingerprint density at radius 3 is 2.72 bits per heavy atom. The van der Waals surface area contributed by atoms with E-state index in [9.17, 15) is 9.59 Å². The second kappa shape index (κ2) is 6.74. The summed E-state index contributed by atoms with van der Waals surface area (Å²) in [5.74, 6) is -1.28. The van der Waals surface area contributed by atoms with Crippen molar-refractivity contribution in [2.24, 2.45) is 0 Å². The number of nitrogens with zero attached hydrogens (tertiary/aromatic N) is 2. The molecule has 0 aliphatic carbocycles. The lowest BCUT2D eigenvalue weighted by Gasteiger charge is -2.26. The van der Waals surface area contributed by atoms with Crippen LogP contribution in [-0.2, 0) is 4.79 Å². The number of rotatable bonds is 6. The second-order valence-electron chi connectivity index (χ2n) is 4.11. The minimum Gasteiger partial charge on any atom is -0.480 e. The number of unbranched alkanes of at least 4 members (excludes halogenated alkanes) is 1. The van der Waals surface area contributed by atoms with E-state index in [1.165, 1.54) is 18.0 Å². The first-order chi connectivity index (χ1) is 8.57. The van der Waals surface area contributed by atoms with Gasteiger partial charge in [-0.15, -0.1) is 0 Å². The van der Waals surface area contributed by atoms with Gasteiger partial charge in [0.15, 0.2) is 0 Å². The van der Waals surface area contributed by atoms with Crippen LogP contribution in [0.4, 0.5) is 0 Å². The van der Waals surface area contributed by atoms with E-state index in [4.69, 9.17) is 5.11 Å². The highest BCUT2D eigenvalue weighted by atomic mass is 16.4. The first-order valence-electron chi connectivity index (χ1n) is 6.01. The van der Waals surface area contributed by atoms with Crippen LogP contribution in [0.2, 0.25) is 0 Å². The smallest absolute Gasteiger partial charge is 0.326 e. The van der Waals surface area contributed by atoms with Crippen molar-refractivity contribution in [1.29, 1.82) is 0 Å². The van der Waals surface area contributed by atoms with Crippen LogP contribution in [0.5, 0.6) is 0 Å². The van der Waals surface area contributed by atoms with Crippen LogP contribution < -0.4 is 0 Å². The fraction of sp³-hybridized carbons (Fsp3) is 0.462. The Morgan fingerprint density at radius 2 is 2.22 bits per heavy atom. The molecule has 0 aromatic carbocycles. The van der Waals surface area contributed by atoms with E-state index >= 15 is 0 Å². The van der Waals surface area contributed by atoms with Crippen LogP contribution in [-0.4, -0.2) is 39.5 Å². The highest BCUT2D eigenvalue weighted by Crippen LogP contribution is 2.09. The summed E-state index contributed by atoms with van der Waals surface area (Å²) in [7, 11) is 0. The maximum absolute atomic E-state index is 12.2. The minimum atomic E-state index is -0.997. The maximum Gasteiger partial charge on any atom is 0.326 e. The van der Waals surface area contributed by atoms with Crippen molar-refractivity contribution in [3.05, 3.63) is 30.1 Å². The number of carbonyl (C=O) groups excluding carboxylic acids is 1. The number of aliphatic carboxylic acids is 1. The average Bonchev–Trinajstić information content (AvgIpc) is 2.39. The van der Waals surface area contributed by atoms with Crippen LogP contribution in [0.1, 0.15) is 37.0 Å². The Kier molecular flexibility index (Phi) is 5.30. The van der Waals surface area contributed by atoms with Gasteiger partial charge in [0.1, 0.15) is 6.04 Å². The number of amides is 1. The first-order valence-corrected chi connectivity index (χ1v) is 6.01. The van der Waals surface area contributed by atoms with E-state index in [0.29, 0.717) is 12.1 Å². The number of hydrogen-bond acceptors (Lipinski definition) is 3. The largest absolute Gasteiger partial charge is 0.480 e. The van der Waals surface area contributed by atoms with Gasteiger partial charge < -0.3 is 10.0 Å². The molecule has 0 bridgehead atoms. The number of pyridine rings is 1. The van der Waals surface area contributed by atoms with Crippen molar-refractivity contribution in [2.45, 2.75) is 32.7 Å². The van der Waals surface area contributed by atoms with Crippen molar-refractivity contribution < 1.29 is 14.7 Å². The Labute approximate surface area is 106 Å². The molecule has 1 aromatic rings. The molecule has 1 atom stereocenters. The van der Waals surface area contributed by atoms with Crippen molar-refractivity contribution in [1.82, 2.24) is 9.88 Å². The third-order valence-corrected chi connectivity index (χ3v) is 2.75. The zero-order valence-electron chi connectivity index (χ0n) is 10.7. The van der Waals surface area contributed by atoms with Crippen molar-refractivity contribution in [3.8, 4) is 0 Å². The third kappa shape index (κ3) is 3.55. The molecule has 0 spiro atoms. The molecule has 1 N–H and O–H groups in total. The molecule has 18 heavy (non-hydrogen) atoms. The lowest BCUT2D eigenvalue weighted by atomic mass is 10.2. The van der Waals surface area contributed by atoms with Crippen molar-refractivity contribution >= 4 is 11.9 Å². The molecule has 0 saturated carbocycles. The normalized spacial score (nSPS) is 11.9. The van der Waals surface area contributed by atoms with Gasteiger partial charge in [0, 0.05) is 18.9 Å². The van der Waals surface area contributed by atoms with E-state index in [1.54, 1.807) is 18.3 Å². The van der Waals surface area contributed by atoms with Crippen LogP contribution in [0.3, 0.4) is 0 Å². The highest BCUT2D eigenvalue weighted by molar-refractivity contribution is 5.96. The summed E-state index contributed by atoms with van der Waals surface area (Å²) in [6, 6.07) is 2.48. The Hall–Kier alpha value is -1.91. The molecule has 98 valence electrons. The fourth-order valence-electron chi connectivity index (χ4n) is 1.59. The summed E-state index contributed by atoms with van der Waals surface area (Å²) in [4.78, 5) is 28.5. The van der Waals surface area contributed by atoms with E-state index < -0.39 is 12.0 Å². The average molecular weight is 250 g/mol. The maximum atomic E-state index is 12.2. The number of hydrogen-bond donors (Lipinski definition) is 1. The minimum absolute atomic E-state index is 0.286. The molecule has 0 aliphatic rings. The second-order valence-corrected chi connectivity index (χ2v) is 4.11. The predicted molar refractivity (Wildman–Crippen MR) is 67.3 cm³/mol. The van der Waals surface area contributed by atoms with E-state index in [0.717, 1.165) is 12.8 Å². The summed E-state index contributed by atoms with van der Waals surface area (Å²) < 4.78 is 0. The van der Waals surface area contributed by atoms with Crippen molar-refractivity contribution in [2.75, 3.05) is 6.54 Å². The zero-order chi connectivity index (χ0) is 13.5. The molecule has 0 saturated heterocycles. The van der Waals surface area contributed by atoms with Gasteiger partial charge in [0.25, 0.3) is 5.91 Å². The molecule has 1 heterocycles. The van der Waals surface area contributed by atoms with Gasteiger partial charge in [0.2, 0.25) is 0 Å². The quantitative estimate of drug-likeness (QED) is 0.835. The van der Waals surface area contributed by atoms with Crippen LogP contribution in [0.15, 0.2) is 24.5 Å². The molecular formula is C13H18N2O3. The van der Waals surface area contributed by atoms with Crippen molar-refractivity contribution in [3.63, 3.8) is 0 Å². The number of carbonyl (C=O) groups is 2. The van der Waals surface area contributed by atoms with Gasteiger partial charge in [-0.25, -0.2) is 4.79 Å². The van der Waals surface area contributed by atoms with Gasteiger partial charge in [0.05, 0.1) is 5.56 Å². The van der Waals surface area contributed by atoms with E-state index in [-0.39, 0.29) is 5.91 Å². The summed E-state index contributed by atoms with van der Waals surface area (Å²) in [6.45, 7) is 3.96. The molecule has 5 nitrogen and oxygen atoms in total. The molecule has 1 rings (SSSR count). The molecule has 0 unspecified atom stereocenters. The summed E-state index contributed by atoms with van der Waals surface area (Å²) >= 11 is 0. The van der Waals surface area contributed by atoms with Gasteiger partial charge >= 0.3 is 5.97 Å². The van der Waals surface area contributed by atoms with E-state index in [2.05, 4.69) is 4.98 Å². The molecule has 0 aliphatic heterocycles. The van der Waals surface area contributed by atoms with Crippen LogP contribution in [0.25, 0.3) is 0 Å². The lowest BCUT2D eigenvalue weighted by molar-refractivity contribution is -0.141. The molecule has 0 radical (unpaired) electrons. The molecule has 0 fully saturated rings. The number of carboxylic acids is 1. The zero-order valence-corrected chi connectivity index (χ0v) is 10.7. The predicted octanol–water partition coefficient (Wildman–Crippen LogP) is 1.80. The monoisotopic (exact) mass is 250 g/mol. The highest BCUT2D eigenvalue weighted by Gasteiger charge is 2.25. The lowest BCUT2D eigenvalue weighted by Crippen LogP contribution is -2.43. The Balaban J connectivity index is 2.89. The first kappa shape index (κ1) is 14.2. The van der Waals surface area contributed by atoms with Gasteiger partial charge in [-0.2, -0.15) is 0 Å². The van der Waals surface area contributed by atoms with Crippen LogP contribution >= 0.6 is 0 Å². The summed E-state index contributed by atoms with van der Waals surface area (Å²) in [5.41, 5.74) is 0.418. The third-order valence-electron chi connectivity index (χ3n) is 2.75. The standard InChI is InChI=1S/C13H18N2O3/c1-3-4-8-15(10(2)13(17)18)12(16)11-6-5-7-14-9-11/h5-7,9-10H,3-4,8H2,1-2H3,(H,17,18)/t10-/m0/s1. The van der Waals surface area contributed by atoms with E-state index in [1.807, 2.05) is 6.92 Å². The Bertz CT molecular complexity index is 406. The van der Waals surface area contributed by atoms with Crippen LogP contribution in [0, 0.1) is 0 Å². The molecule has 1 amide bonds. The molecule has 5 heteroatoms. The van der Waals surface area contributed by atoms with Gasteiger partial charge in [-0.3, -0.25) is 9.78 Å².